The van der Waals surface area contributed by atoms with Gasteiger partial charge in [-0.25, -0.2) is 0 Å². The van der Waals surface area contributed by atoms with E-state index in [1.807, 2.05) is 82.3 Å². The number of carbonyl (C=O) groups is 2. The fourth-order valence-corrected chi connectivity index (χ4v) is 4.26. The van der Waals surface area contributed by atoms with E-state index in [4.69, 9.17) is 16.3 Å². The lowest BCUT2D eigenvalue weighted by molar-refractivity contribution is -0.142. The van der Waals surface area contributed by atoms with Crippen LogP contribution in [0.2, 0.25) is 5.02 Å². The SMILES string of the molecule is CCNC(=O)[C@@H](Cc1ccccc1)N(Cc1cccc(Cl)c1)C(=O)COc1cc(C)cc(C)c1C. The molecule has 3 aromatic carbocycles. The van der Waals surface area contributed by atoms with Gasteiger partial charge in [-0.05, 0) is 73.7 Å². The normalized spacial score (nSPS) is 11.6. The maximum atomic E-state index is 13.6. The zero-order chi connectivity index (χ0) is 25.4. The molecule has 6 heteroatoms. The maximum absolute atomic E-state index is 13.6. The van der Waals surface area contributed by atoms with E-state index in [1.54, 1.807) is 11.0 Å². The van der Waals surface area contributed by atoms with Gasteiger partial charge in [0.05, 0.1) is 0 Å². The lowest BCUT2D eigenvalue weighted by Gasteiger charge is -2.31. The summed E-state index contributed by atoms with van der Waals surface area (Å²) in [5, 5.41) is 3.47. The van der Waals surface area contributed by atoms with Crippen molar-refractivity contribution in [2.24, 2.45) is 0 Å². The minimum absolute atomic E-state index is 0.172. The Labute approximate surface area is 213 Å². The van der Waals surface area contributed by atoms with Crippen LogP contribution < -0.4 is 10.1 Å². The summed E-state index contributed by atoms with van der Waals surface area (Å²) in [5.41, 5.74) is 4.98. The summed E-state index contributed by atoms with van der Waals surface area (Å²) in [5.74, 6) is 0.209. The van der Waals surface area contributed by atoms with Crippen LogP contribution in [0.25, 0.3) is 0 Å². The highest BCUT2D eigenvalue weighted by molar-refractivity contribution is 6.30. The lowest BCUT2D eigenvalue weighted by atomic mass is 10.0. The second-order valence-electron chi connectivity index (χ2n) is 8.75. The van der Waals surface area contributed by atoms with Crippen molar-refractivity contribution in [1.82, 2.24) is 10.2 Å². The first-order valence-electron chi connectivity index (χ1n) is 11.8. The van der Waals surface area contributed by atoms with Crippen molar-refractivity contribution in [3.8, 4) is 5.75 Å². The van der Waals surface area contributed by atoms with Crippen LogP contribution in [0.3, 0.4) is 0 Å². The van der Waals surface area contributed by atoms with Crippen LogP contribution in [0, 0.1) is 20.8 Å². The second-order valence-corrected chi connectivity index (χ2v) is 9.18. The number of hydrogen-bond acceptors (Lipinski definition) is 3. The molecule has 0 aromatic heterocycles. The molecule has 0 unspecified atom stereocenters. The van der Waals surface area contributed by atoms with Gasteiger partial charge in [0.1, 0.15) is 11.8 Å². The average molecular weight is 493 g/mol. The molecule has 0 aliphatic rings. The van der Waals surface area contributed by atoms with Gasteiger partial charge in [-0.1, -0.05) is 60.1 Å². The fraction of sp³-hybridized carbons (Fsp3) is 0.310. The first kappa shape index (κ1) is 26.3. The zero-order valence-corrected chi connectivity index (χ0v) is 21.6. The summed E-state index contributed by atoms with van der Waals surface area (Å²) in [6.07, 6.45) is 0.390. The van der Waals surface area contributed by atoms with Crippen LogP contribution in [0.1, 0.15) is 34.7 Å². The van der Waals surface area contributed by atoms with Gasteiger partial charge in [0.25, 0.3) is 5.91 Å². The summed E-state index contributed by atoms with van der Waals surface area (Å²) in [7, 11) is 0. The molecule has 3 aromatic rings. The number of halogens is 1. The number of amides is 2. The molecule has 35 heavy (non-hydrogen) atoms. The smallest absolute Gasteiger partial charge is 0.261 e. The van der Waals surface area contributed by atoms with Gasteiger partial charge in [-0.15, -0.1) is 0 Å². The van der Waals surface area contributed by atoms with Crippen LogP contribution >= 0.6 is 11.6 Å². The molecule has 1 N–H and O–H groups in total. The predicted molar refractivity (Wildman–Crippen MR) is 141 cm³/mol. The van der Waals surface area contributed by atoms with Crippen LogP contribution in [0.5, 0.6) is 5.75 Å². The predicted octanol–water partition coefficient (Wildman–Crippen LogP) is 5.42. The molecule has 3 rings (SSSR count). The lowest BCUT2D eigenvalue weighted by Crippen LogP contribution is -2.51. The molecule has 2 amide bonds. The van der Waals surface area contributed by atoms with Crippen LogP contribution in [0.15, 0.2) is 66.7 Å². The Morgan fingerprint density at radius 2 is 1.69 bits per heavy atom. The third kappa shape index (κ3) is 7.33. The Bertz CT molecular complexity index is 1160. The quantitative estimate of drug-likeness (QED) is 0.411. The van der Waals surface area contributed by atoms with E-state index in [0.29, 0.717) is 23.7 Å². The summed E-state index contributed by atoms with van der Waals surface area (Å²) in [6.45, 7) is 8.41. The number of hydrogen-bond donors (Lipinski definition) is 1. The Balaban J connectivity index is 1.92. The van der Waals surface area contributed by atoms with Gasteiger partial charge < -0.3 is 15.0 Å². The number of ether oxygens (including phenoxy) is 1. The van der Waals surface area contributed by atoms with E-state index >= 15 is 0 Å². The molecular formula is C29H33ClN2O3. The second kappa shape index (κ2) is 12.4. The number of nitrogens with one attached hydrogen (secondary N) is 1. The van der Waals surface area contributed by atoms with Gasteiger partial charge in [0.2, 0.25) is 5.91 Å². The molecule has 0 aliphatic carbocycles. The van der Waals surface area contributed by atoms with E-state index in [2.05, 4.69) is 11.4 Å². The van der Waals surface area contributed by atoms with Crippen LogP contribution in [-0.4, -0.2) is 35.9 Å². The fourth-order valence-electron chi connectivity index (χ4n) is 4.05. The van der Waals surface area contributed by atoms with Gasteiger partial charge in [-0.3, -0.25) is 9.59 Å². The number of carbonyl (C=O) groups excluding carboxylic acids is 2. The Kier molecular flexibility index (Phi) is 9.32. The topological polar surface area (TPSA) is 58.6 Å². The maximum Gasteiger partial charge on any atom is 0.261 e. The number of benzene rings is 3. The average Bonchev–Trinajstić information content (AvgIpc) is 2.83. The van der Waals surface area contributed by atoms with Crippen LogP contribution in [-0.2, 0) is 22.6 Å². The molecule has 5 nitrogen and oxygen atoms in total. The standard InChI is InChI=1S/C29H33ClN2O3/c1-5-31-29(34)26(17-23-10-7-6-8-11-23)32(18-24-12-9-13-25(30)16-24)28(33)19-35-27-15-20(2)14-21(3)22(27)4/h6-16,26H,5,17-19H2,1-4H3,(H,31,34)/t26-/m1/s1. The van der Waals surface area contributed by atoms with Gasteiger partial charge >= 0.3 is 0 Å². The van der Waals surface area contributed by atoms with Gasteiger partial charge in [-0.2, -0.15) is 0 Å². The van der Waals surface area contributed by atoms with E-state index in [-0.39, 0.29) is 25.0 Å². The third-order valence-corrected chi connectivity index (χ3v) is 6.21. The van der Waals surface area contributed by atoms with Crippen molar-refractivity contribution < 1.29 is 14.3 Å². The molecule has 0 bridgehead atoms. The molecule has 0 aliphatic heterocycles. The molecule has 0 saturated heterocycles. The highest BCUT2D eigenvalue weighted by atomic mass is 35.5. The monoisotopic (exact) mass is 492 g/mol. The minimum atomic E-state index is -0.701. The van der Waals surface area contributed by atoms with Crippen molar-refractivity contribution in [3.63, 3.8) is 0 Å². The van der Waals surface area contributed by atoms with Crippen LogP contribution in [0.4, 0.5) is 0 Å². The largest absolute Gasteiger partial charge is 0.483 e. The first-order valence-corrected chi connectivity index (χ1v) is 12.2. The molecule has 0 saturated carbocycles. The van der Waals surface area contributed by atoms with E-state index in [0.717, 1.165) is 27.8 Å². The van der Waals surface area contributed by atoms with Gasteiger partial charge in [0.15, 0.2) is 6.61 Å². The molecule has 184 valence electrons. The molecule has 0 fully saturated rings. The molecule has 1 atom stereocenters. The van der Waals surface area contributed by atoms with Crippen molar-refractivity contribution in [2.45, 2.75) is 46.7 Å². The Hall–Kier alpha value is -3.31. The number of nitrogens with zero attached hydrogens (tertiary/aromatic N) is 1. The molecule has 0 radical (unpaired) electrons. The van der Waals surface area contributed by atoms with E-state index in [9.17, 15) is 9.59 Å². The highest BCUT2D eigenvalue weighted by Crippen LogP contribution is 2.24. The summed E-state index contributed by atoms with van der Waals surface area (Å²) in [4.78, 5) is 28.4. The van der Waals surface area contributed by atoms with Crippen molar-refractivity contribution in [2.75, 3.05) is 13.2 Å². The Morgan fingerprint density at radius 3 is 2.37 bits per heavy atom. The summed E-state index contributed by atoms with van der Waals surface area (Å²) >= 11 is 6.21. The van der Waals surface area contributed by atoms with Crippen molar-refractivity contribution >= 4 is 23.4 Å². The number of aryl methyl sites for hydroxylation is 2. The van der Waals surface area contributed by atoms with E-state index in [1.165, 1.54) is 0 Å². The van der Waals surface area contributed by atoms with Crippen molar-refractivity contribution in [3.05, 3.63) is 99.6 Å². The van der Waals surface area contributed by atoms with E-state index < -0.39 is 6.04 Å². The first-order chi connectivity index (χ1) is 16.8. The zero-order valence-electron chi connectivity index (χ0n) is 20.8. The summed E-state index contributed by atoms with van der Waals surface area (Å²) < 4.78 is 5.99. The molecular weight excluding hydrogens is 460 g/mol. The molecule has 0 spiro atoms. The van der Waals surface area contributed by atoms with Gasteiger partial charge in [0, 0.05) is 24.5 Å². The number of rotatable bonds is 10. The third-order valence-electron chi connectivity index (χ3n) is 5.98. The molecule has 0 heterocycles. The Morgan fingerprint density at radius 1 is 0.971 bits per heavy atom. The number of likely N-dealkylation sites (N-methyl/N-ethyl adjacent to an activating group) is 1. The summed E-state index contributed by atoms with van der Waals surface area (Å²) in [6, 6.07) is 20.4. The minimum Gasteiger partial charge on any atom is -0.483 e. The highest BCUT2D eigenvalue weighted by Gasteiger charge is 2.30. The van der Waals surface area contributed by atoms with Crippen molar-refractivity contribution in [1.29, 1.82) is 0 Å².